The van der Waals surface area contributed by atoms with E-state index in [2.05, 4.69) is 5.32 Å². The van der Waals surface area contributed by atoms with Crippen molar-refractivity contribution in [1.29, 1.82) is 0 Å². The zero-order valence-electron chi connectivity index (χ0n) is 12.8. The van der Waals surface area contributed by atoms with E-state index in [0.717, 1.165) is 0 Å². The van der Waals surface area contributed by atoms with E-state index in [1.165, 1.54) is 17.7 Å². The molecule has 1 saturated carbocycles. The Balaban J connectivity index is 2.00. The highest BCUT2D eigenvalue weighted by atomic mass is 16.5. The summed E-state index contributed by atoms with van der Waals surface area (Å²) in [4.78, 5) is 25.7. The van der Waals surface area contributed by atoms with Crippen LogP contribution in [-0.2, 0) is 9.53 Å². The molecule has 1 unspecified atom stereocenters. The number of ether oxygens (including phenoxy) is 1. The molecule has 0 saturated heterocycles. The van der Waals surface area contributed by atoms with Crippen molar-refractivity contribution in [3.8, 4) is 0 Å². The normalized spacial score (nSPS) is 15.4. The number of hydrogen-bond donors (Lipinski definition) is 1. The third-order valence-corrected chi connectivity index (χ3v) is 3.47. The average Bonchev–Trinajstić information content (AvgIpc) is 3.28. The van der Waals surface area contributed by atoms with Gasteiger partial charge in [-0.25, -0.2) is 0 Å². The Morgan fingerprint density at radius 1 is 1.33 bits per heavy atom. The molecule has 2 amide bonds. The van der Waals surface area contributed by atoms with Crippen LogP contribution in [0.4, 0.5) is 5.69 Å². The number of nitrogens with zero attached hydrogens (tertiary/aromatic N) is 1. The molecule has 0 aromatic heterocycles. The van der Waals surface area contributed by atoms with Crippen LogP contribution in [-0.4, -0.2) is 43.5 Å². The molecule has 1 aliphatic carbocycles. The lowest BCUT2D eigenvalue weighted by Crippen LogP contribution is -2.30. The number of rotatable bonds is 6. The van der Waals surface area contributed by atoms with E-state index >= 15 is 0 Å². The number of hydrogen-bond acceptors (Lipinski definition) is 3. The predicted molar refractivity (Wildman–Crippen MR) is 81.2 cm³/mol. The molecular weight excluding hydrogens is 268 g/mol. The number of para-hydroxylation sites is 1. The Morgan fingerprint density at radius 3 is 2.62 bits per heavy atom. The van der Waals surface area contributed by atoms with Crippen molar-refractivity contribution in [1.82, 2.24) is 4.90 Å². The molecule has 1 aromatic carbocycles. The van der Waals surface area contributed by atoms with Gasteiger partial charge in [0.25, 0.3) is 11.8 Å². The van der Waals surface area contributed by atoms with Gasteiger partial charge in [0.15, 0.2) is 0 Å². The van der Waals surface area contributed by atoms with Crippen molar-refractivity contribution in [2.24, 2.45) is 5.92 Å². The zero-order chi connectivity index (χ0) is 15.4. The summed E-state index contributed by atoms with van der Waals surface area (Å²) in [5, 5.41) is 2.78. The van der Waals surface area contributed by atoms with Crippen LogP contribution in [0.3, 0.4) is 0 Å². The maximum Gasteiger partial charge on any atom is 0.255 e. The second-order valence-corrected chi connectivity index (χ2v) is 5.65. The summed E-state index contributed by atoms with van der Waals surface area (Å²) < 4.78 is 5.54. The highest BCUT2D eigenvalue weighted by Crippen LogP contribution is 2.29. The topological polar surface area (TPSA) is 58.6 Å². The average molecular weight is 290 g/mol. The molecule has 1 aliphatic rings. The molecular formula is C16H22N2O3. The van der Waals surface area contributed by atoms with Crippen LogP contribution in [0.2, 0.25) is 0 Å². The maximum absolute atomic E-state index is 12.1. The van der Waals surface area contributed by atoms with Crippen molar-refractivity contribution in [3.05, 3.63) is 29.8 Å². The van der Waals surface area contributed by atoms with E-state index in [1.807, 2.05) is 0 Å². The fraction of sp³-hybridized carbons (Fsp3) is 0.500. The van der Waals surface area contributed by atoms with Crippen LogP contribution in [0.1, 0.15) is 30.1 Å². The summed E-state index contributed by atoms with van der Waals surface area (Å²) in [5.41, 5.74) is 0.994. The fourth-order valence-corrected chi connectivity index (χ4v) is 1.89. The van der Waals surface area contributed by atoms with Gasteiger partial charge >= 0.3 is 0 Å². The number of amides is 2. The summed E-state index contributed by atoms with van der Waals surface area (Å²) in [6, 6.07) is 6.99. The quantitative estimate of drug-likeness (QED) is 0.873. The highest BCUT2D eigenvalue weighted by molar-refractivity contribution is 6.04. The molecule has 0 heterocycles. The first-order valence-electron chi connectivity index (χ1n) is 7.22. The molecule has 1 aromatic rings. The minimum atomic E-state index is -0.520. The Morgan fingerprint density at radius 2 is 2.00 bits per heavy atom. The predicted octanol–water partition coefficient (Wildman–Crippen LogP) is 2.14. The number of anilines is 1. The van der Waals surface area contributed by atoms with Gasteiger partial charge in [0, 0.05) is 14.1 Å². The smallest absolute Gasteiger partial charge is 0.255 e. The van der Waals surface area contributed by atoms with Gasteiger partial charge in [0.2, 0.25) is 0 Å². The van der Waals surface area contributed by atoms with E-state index in [-0.39, 0.29) is 11.8 Å². The van der Waals surface area contributed by atoms with Gasteiger partial charge in [0.05, 0.1) is 17.9 Å². The van der Waals surface area contributed by atoms with Gasteiger partial charge in [-0.15, -0.1) is 0 Å². The van der Waals surface area contributed by atoms with Crippen molar-refractivity contribution >= 4 is 17.5 Å². The molecule has 0 aliphatic heterocycles. The standard InChI is InChI=1S/C16H22N2O3/c1-11(21-10-12-8-9-12)15(19)17-14-7-5-4-6-13(14)16(20)18(2)3/h4-7,11-12H,8-10H2,1-3H3,(H,17,19). The summed E-state index contributed by atoms with van der Waals surface area (Å²) in [6.45, 7) is 2.36. The molecule has 0 bridgehead atoms. The lowest BCUT2D eigenvalue weighted by atomic mass is 10.1. The van der Waals surface area contributed by atoms with E-state index < -0.39 is 6.10 Å². The van der Waals surface area contributed by atoms with Crippen molar-refractivity contribution in [3.63, 3.8) is 0 Å². The molecule has 1 N–H and O–H groups in total. The van der Waals surface area contributed by atoms with Gasteiger partial charge in [0.1, 0.15) is 6.10 Å². The first-order chi connectivity index (χ1) is 9.99. The molecule has 0 spiro atoms. The zero-order valence-corrected chi connectivity index (χ0v) is 12.8. The van der Waals surface area contributed by atoms with Crippen LogP contribution >= 0.6 is 0 Å². The van der Waals surface area contributed by atoms with Gasteiger partial charge < -0.3 is 15.0 Å². The van der Waals surface area contributed by atoms with E-state index in [1.54, 1.807) is 45.3 Å². The number of benzene rings is 1. The van der Waals surface area contributed by atoms with Crippen LogP contribution in [0, 0.1) is 5.92 Å². The van der Waals surface area contributed by atoms with Crippen molar-refractivity contribution in [2.75, 3.05) is 26.0 Å². The summed E-state index contributed by atoms with van der Waals surface area (Å²) in [5.74, 6) is 0.245. The second kappa shape index (κ2) is 6.72. The summed E-state index contributed by atoms with van der Waals surface area (Å²) >= 11 is 0. The Labute approximate surface area is 125 Å². The molecule has 114 valence electrons. The molecule has 0 radical (unpaired) electrons. The van der Waals surface area contributed by atoms with Crippen LogP contribution < -0.4 is 5.32 Å². The molecule has 21 heavy (non-hydrogen) atoms. The molecule has 5 nitrogen and oxygen atoms in total. The molecule has 1 atom stereocenters. The van der Waals surface area contributed by atoms with Gasteiger partial charge in [-0.2, -0.15) is 0 Å². The molecule has 5 heteroatoms. The van der Waals surface area contributed by atoms with Gasteiger partial charge in [-0.3, -0.25) is 9.59 Å². The number of nitrogens with one attached hydrogen (secondary N) is 1. The minimum absolute atomic E-state index is 0.141. The lowest BCUT2D eigenvalue weighted by molar-refractivity contribution is -0.126. The number of carbonyl (C=O) groups is 2. The Kier molecular flexibility index (Phi) is 4.96. The van der Waals surface area contributed by atoms with Crippen molar-refractivity contribution < 1.29 is 14.3 Å². The SMILES string of the molecule is CC(OCC1CC1)C(=O)Nc1ccccc1C(=O)N(C)C. The first-order valence-corrected chi connectivity index (χ1v) is 7.22. The highest BCUT2D eigenvalue weighted by Gasteiger charge is 2.24. The third-order valence-electron chi connectivity index (χ3n) is 3.47. The Hall–Kier alpha value is -1.88. The summed E-state index contributed by atoms with van der Waals surface area (Å²) in [6.07, 6.45) is 1.86. The van der Waals surface area contributed by atoms with Gasteiger partial charge in [-0.1, -0.05) is 12.1 Å². The monoisotopic (exact) mass is 290 g/mol. The number of carbonyl (C=O) groups excluding carboxylic acids is 2. The fourth-order valence-electron chi connectivity index (χ4n) is 1.89. The van der Waals surface area contributed by atoms with Crippen LogP contribution in [0.25, 0.3) is 0 Å². The third kappa shape index (κ3) is 4.29. The summed E-state index contributed by atoms with van der Waals surface area (Å²) in [7, 11) is 3.37. The van der Waals surface area contributed by atoms with Crippen molar-refractivity contribution in [2.45, 2.75) is 25.9 Å². The van der Waals surface area contributed by atoms with E-state index in [4.69, 9.17) is 4.74 Å². The van der Waals surface area contributed by atoms with Crippen LogP contribution in [0.5, 0.6) is 0 Å². The molecule has 2 rings (SSSR count). The largest absolute Gasteiger partial charge is 0.368 e. The second-order valence-electron chi connectivity index (χ2n) is 5.65. The minimum Gasteiger partial charge on any atom is -0.368 e. The van der Waals surface area contributed by atoms with E-state index in [0.29, 0.717) is 23.8 Å². The lowest BCUT2D eigenvalue weighted by Gasteiger charge is -2.17. The van der Waals surface area contributed by atoms with E-state index in [9.17, 15) is 9.59 Å². The van der Waals surface area contributed by atoms with Gasteiger partial charge in [-0.05, 0) is 37.8 Å². The first kappa shape index (κ1) is 15.5. The van der Waals surface area contributed by atoms with Crippen LogP contribution in [0.15, 0.2) is 24.3 Å². The molecule has 1 fully saturated rings. The maximum atomic E-state index is 12.1. The Bertz CT molecular complexity index is 524.